The van der Waals surface area contributed by atoms with Crippen LogP contribution >= 0.6 is 31.9 Å². The number of imidazole rings is 1. The molecular formula is C32H40Br2N6O4. The van der Waals surface area contributed by atoms with Crippen LogP contribution in [0.25, 0.3) is 11.0 Å². The number of piperazine rings is 1. The van der Waals surface area contributed by atoms with E-state index in [1.165, 1.54) is 0 Å². The molecule has 1 amide bonds. The van der Waals surface area contributed by atoms with Crippen LogP contribution in [-0.2, 0) is 16.1 Å². The van der Waals surface area contributed by atoms with Crippen molar-refractivity contribution in [2.75, 3.05) is 52.9 Å². The number of likely N-dealkylation sites (tertiary alicyclic amines) is 2. The lowest BCUT2D eigenvalue weighted by Gasteiger charge is -2.56. The van der Waals surface area contributed by atoms with Crippen molar-refractivity contribution < 1.29 is 14.3 Å². The van der Waals surface area contributed by atoms with Gasteiger partial charge in [0.15, 0.2) is 0 Å². The number of benzene rings is 2. The normalized spacial score (nSPS) is 24.5. The van der Waals surface area contributed by atoms with Gasteiger partial charge in [-0.3, -0.25) is 19.3 Å². The maximum Gasteiger partial charge on any atom is 0.411 e. The number of aromatic amines is 1. The second kappa shape index (κ2) is 13.5. The first kappa shape index (κ1) is 31.5. The second-order valence-corrected chi connectivity index (χ2v) is 14.0. The van der Waals surface area contributed by atoms with Crippen LogP contribution in [0.1, 0.15) is 43.7 Å². The van der Waals surface area contributed by atoms with Gasteiger partial charge in [-0.25, -0.2) is 9.59 Å². The number of nitrogens with one attached hydrogen (secondary N) is 1. The van der Waals surface area contributed by atoms with Crippen molar-refractivity contribution in [1.82, 2.24) is 29.2 Å². The number of aldehydes is 1. The molecule has 0 radical (unpaired) electrons. The van der Waals surface area contributed by atoms with Gasteiger partial charge in [0, 0.05) is 79.7 Å². The number of hydrogen-bond acceptors (Lipinski definition) is 7. The molecule has 2 aromatic carbocycles. The van der Waals surface area contributed by atoms with Gasteiger partial charge in [-0.15, -0.1) is 0 Å². The molecule has 2 atom stereocenters. The van der Waals surface area contributed by atoms with E-state index in [1.54, 1.807) is 4.90 Å². The summed E-state index contributed by atoms with van der Waals surface area (Å²) in [6, 6.07) is 13.8. The number of ether oxygens (including phenoxy) is 1. The van der Waals surface area contributed by atoms with Gasteiger partial charge in [0.25, 0.3) is 0 Å². The minimum absolute atomic E-state index is 0.120. The molecule has 10 nitrogen and oxygen atoms in total. The molecule has 44 heavy (non-hydrogen) atoms. The number of halogens is 2. The maximum absolute atomic E-state index is 13.9. The Morgan fingerprint density at radius 2 is 1.70 bits per heavy atom. The summed E-state index contributed by atoms with van der Waals surface area (Å²) >= 11 is 7.01. The average molecular weight is 733 g/mol. The Labute approximate surface area is 274 Å². The second-order valence-electron chi connectivity index (χ2n) is 12.3. The zero-order chi connectivity index (χ0) is 30.8. The van der Waals surface area contributed by atoms with Gasteiger partial charge >= 0.3 is 11.8 Å². The predicted octanol–water partition coefficient (Wildman–Crippen LogP) is 4.83. The maximum atomic E-state index is 13.9. The zero-order valence-electron chi connectivity index (χ0n) is 25.1. The molecule has 0 saturated carbocycles. The first-order chi connectivity index (χ1) is 21.3. The highest BCUT2D eigenvalue weighted by molar-refractivity contribution is 9.13. The SMILES string of the molecule is CN1CCN(C2CCN([C@]3(CC=O)C[C@H](n4c(=O)[nH]c5ccccc54)CCN3C(=O)OCc3ccc(Br)c(Br)c3)CC2)CC1. The number of fused-ring (bicyclic) bond motifs is 1. The van der Waals surface area contributed by atoms with Gasteiger partial charge < -0.3 is 19.4 Å². The van der Waals surface area contributed by atoms with Crippen LogP contribution in [0.15, 0.2) is 56.2 Å². The molecule has 1 N–H and O–H groups in total. The van der Waals surface area contributed by atoms with E-state index in [4.69, 9.17) is 4.74 Å². The molecule has 1 aromatic heterocycles. The summed E-state index contributed by atoms with van der Waals surface area (Å²) < 4.78 is 9.56. The number of aromatic nitrogens is 2. The Morgan fingerprint density at radius 1 is 0.977 bits per heavy atom. The minimum Gasteiger partial charge on any atom is -0.445 e. The number of nitrogens with zero attached hydrogens (tertiary/aromatic N) is 5. The quantitative estimate of drug-likeness (QED) is 0.349. The molecule has 4 heterocycles. The summed E-state index contributed by atoms with van der Waals surface area (Å²) in [4.78, 5) is 51.7. The number of likely N-dealkylation sites (N-methyl/N-ethyl adjacent to an activating group) is 1. The summed E-state index contributed by atoms with van der Waals surface area (Å²) in [5, 5.41) is 0. The lowest BCUT2D eigenvalue weighted by molar-refractivity contribution is -0.127. The topological polar surface area (TPSA) is 94.1 Å². The monoisotopic (exact) mass is 730 g/mol. The largest absolute Gasteiger partial charge is 0.445 e. The van der Waals surface area contributed by atoms with Crippen molar-refractivity contribution in [3.63, 3.8) is 0 Å². The fourth-order valence-corrected chi connectivity index (χ4v) is 8.11. The zero-order valence-corrected chi connectivity index (χ0v) is 28.3. The third kappa shape index (κ3) is 6.28. The van der Waals surface area contributed by atoms with Gasteiger partial charge in [-0.2, -0.15) is 0 Å². The number of piperidine rings is 2. The molecule has 236 valence electrons. The van der Waals surface area contributed by atoms with Crippen molar-refractivity contribution in [2.24, 2.45) is 0 Å². The Balaban J connectivity index is 1.28. The number of carbonyl (C=O) groups excluding carboxylic acids is 2. The number of hydrogen-bond donors (Lipinski definition) is 1. The first-order valence-electron chi connectivity index (χ1n) is 15.5. The van der Waals surface area contributed by atoms with Crippen molar-refractivity contribution >= 4 is 55.3 Å². The molecular weight excluding hydrogens is 692 g/mol. The van der Waals surface area contributed by atoms with Crippen LogP contribution in [-0.4, -0.2) is 106 Å². The summed E-state index contributed by atoms with van der Waals surface area (Å²) in [7, 11) is 2.17. The molecule has 0 unspecified atom stereocenters. The van der Waals surface area contributed by atoms with Gasteiger partial charge in [0.05, 0.1) is 11.0 Å². The van der Waals surface area contributed by atoms with E-state index in [1.807, 2.05) is 47.0 Å². The van der Waals surface area contributed by atoms with E-state index in [-0.39, 0.29) is 24.8 Å². The number of amides is 1. The number of H-pyrrole nitrogens is 1. The molecule has 0 bridgehead atoms. The number of para-hydroxylation sites is 2. The van der Waals surface area contributed by atoms with Gasteiger partial charge in [-0.05, 0) is 88.0 Å². The summed E-state index contributed by atoms with van der Waals surface area (Å²) in [6.07, 6.45) is 3.63. The minimum atomic E-state index is -0.896. The molecule has 3 fully saturated rings. The fraction of sp³-hybridized carbons (Fsp3) is 0.531. The van der Waals surface area contributed by atoms with E-state index in [9.17, 15) is 14.4 Å². The summed E-state index contributed by atoms with van der Waals surface area (Å²) in [5.74, 6) is 0. The Morgan fingerprint density at radius 3 is 2.43 bits per heavy atom. The third-order valence-electron chi connectivity index (χ3n) is 9.82. The van der Waals surface area contributed by atoms with Gasteiger partial charge in [0.1, 0.15) is 18.6 Å². The Bertz CT molecular complexity index is 1540. The van der Waals surface area contributed by atoms with Crippen molar-refractivity contribution in [1.29, 1.82) is 0 Å². The van der Waals surface area contributed by atoms with E-state index in [2.05, 4.69) is 58.6 Å². The average Bonchev–Trinajstić information content (AvgIpc) is 3.37. The Hall–Kier alpha value is -2.51. The third-order valence-corrected chi connectivity index (χ3v) is 11.7. The highest BCUT2D eigenvalue weighted by atomic mass is 79.9. The van der Waals surface area contributed by atoms with Gasteiger partial charge in [-0.1, -0.05) is 18.2 Å². The summed E-state index contributed by atoms with van der Waals surface area (Å²) in [5.41, 5.74) is 1.43. The molecule has 6 rings (SSSR count). The number of rotatable bonds is 7. The fourth-order valence-electron chi connectivity index (χ4n) is 7.44. The van der Waals surface area contributed by atoms with Crippen molar-refractivity contribution in [3.8, 4) is 0 Å². The lowest BCUT2D eigenvalue weighted by atomic mass is 9.85. The molecule has 3 aliphatic rings. The van der Waals surface area contributed by atoms with E-state index in [0.717, 1.165) is 83.9 Å². The highest BCUT2D eigenvalue weighted by Gasteiger charge is 2.51. The molecule has 3 saturated heterocycles. The van der Waals surface area contributed by atoms with Crippen LogP contribution in [0.3, 0.4) is 0 Å². The summed E-state index contributed by atoms with van der Waals surface area (Å²) in [6.45, 7) is 6.32. The van der Waals surface area contributed by atoms with E-state index in [0.29, 0.717) is 25.4 Å². The van der Waals surface area contributed by atoms with Crippen molar-refractivity contribution in [2.45, 2.75) is 56.5 Å². The van der Waals surface area contributed by atoms with Crippen LogP contribution in [0, 0.1) is 0 Å². The molecule has 0 aliphatic carbocycles. The lowest BCUT2D eigenvalue weighted by Crippen LogP contribution is -2.68. The van der Waals surface area contributed by atoms with Crippen LogP contribution in [0.4, 0.5) is 4.79 Å². The molecule has 3 aliphatic heterocycles. The van der Waals surface area contributed by atoms with Crippen LogP contribution in [0.2, 0.25) is 0 Å². The molecule has 3 aromatic rings. The van der Waals surface area contributed by atoms with Crippen LogP contribution < -0.4 is 5.69 Å². The number of carbonyl (C=O) groups is 2. The van der Waals surface area contributed by atoms with Crippen LogP contribution in [0.5, 0.6) is 0 Å². The first-order valence-corrected chi connectivity index (χ1v) is 17.1. The standard InChI is InChI=1S/C32H40Br2N6O4/c1-36-15-17-37(18-16-36)24-8-12-38(13-9-24)32(11-19-41)21-25(40-29-5-3-2-4-28(29)35-30(40)42)10-14-39(32)31(43)44-22-23-6-7-26(33)27(34)20-23/h2-7,19-20,24-25H,8-18,21-22H2,1H3,(H,35,42)/t25-,32+/m1/s1. The highest BCUT2D eigenvalue weighted by Crippen LogP contribution is 2.42. The van der Waals surface area contributed by atoms with Gasteiger partial charge in [0.2, 0.25) is 0 Å². The van der Waals surface area contributed by atoms with E-state index < -0.39 is 11.8 Å². The molecule has 0 spiro atoms. The predicted molar refractivity (Wildman–Crippen MR) is 177 cm³/mol. The van der Waals surface area contributed by atoms with Crippen molar-refractivity contribution in [3.05, 3.63) is 67.5 Å². The molecule has 12 heteroatoms. The smallest absolute Gasteiger partial charge is 0.411 e. The Kier molecular flexibility index (Phi) is 9.63. The van der Waals surface area contributed by atoms with E-state index >= 15 is 0 Å².